The molecule has 0 aliphatic heterocycles. The Labute approximate surface area is 130 Å². The van der Waals surface area contributed by atoms with E-state index in [-0.39, 0.29) is 12.1 Å². The number of rotatable bonds is 6. The number of urea groups is 1. The van der Waals surface area contributed by atoms with Gasteiger partial charge in [-0.25, -0.2) is 4.79 Å². The second-order valence-corrected chi connectivity index (χ2v) is 5.22. The lowest BCUT2D eigenvalue weighted by Crippen LogP contribution is -2.34. The second-order valence-electron chi connectivity index (χ2n) is 5.22. The predicted molar refractivity (Wildman–Crippen MR) is 88.0 cm³/mol. The zero-order chi connectivity index (χ0) is 15.8. The van der Waals surface area contributed by atoms with Crippen LogP contribution in [0, 0.1) is 0 Å². The summed E-state index contributed by atoms with van der Waals surface area (Å²) < 4.78 is 0. The van der Waals surface area contributed by atoms with Crippen molar-refractivity contribution < 1.29 is 4.79 Å². The lowest BCUT2D eigenvalue weighted by Gasteiger charge is -2.09. The van der Waals surface area contributed by atoms with Gasteiger partial charge in [0, 0.05) is 12.6 Å². The third kappa shape index (κ3) is 5.40. The van der Waals surface area contributed by atoms with Gasteiger partial charge in [-0.05, 0) is 38.0 Å². The topological polar surface area (TPSA) is 78.9 Å². The first-order valence-corrected chi connectivity index (χ1v) is 7.32. The molecule has 1 heterocycles. The molecule has 2 amide bonds. The van der Waals surface area contributed by atoms with Crippen LogP contribution < -0.4 is 16.0 Å². The van der Waals surface area contributed by atoms with Crippen LogP contribution in [0.2, 0.25) is 0 Å². The fraction of sp³-hybridized carbons (Fsp3) is 0.312. The summed E-state index contributed by atoms with van der Waals surface area (Å²) in [6.07, 6.45) is 0.916. The molecular weight excluding hydrogens is 278 g/mol. The van der Waals surface area contributed by atoms with E-state index < -0.39 is 0 Å². The number of aromatic nitrogens is 2. The molecule has 6 heteroatoms. The molecule has 1 aromatic carbocycles. The quantitative estimate of drug-likeness (QED) is 0.766. The smallest absolute Gasteiger partial charge is 0.320 e. The van der Waals surface area contributed by atoms with Gasteiger partial charge >= 0.3 is 6.03 Å². The molecule has 0 spiro atoms. The van der Waals surface area contributed by atoms with E-state index in [1.165, 1.54) is 5.56 Å². The first kappa shape index (κ1) is 15.8. The molecule has 116 valence electrons. The molecule has 0 radical (unpaired) electrons. The average Bonchev–Trinajstić information content (AvgIpc) is 2.49. The molecule has 0 fully saturated rings. The van der Waals surface area contributed by atoms with Crippen molar-refractivity contribution in [3.63, 3.8) is 0 Å². The number of nitrogens with zero attached hydrogens (tertiary/aromatic N) is 2. The number of hydrogen-bond donors (Lipinski definition) is 3. The number of carbonyl (C=O) groups is 1. The van der Waals surface area contributed by atoms with Gasteiger partial charge in [0.05, 0.1) is 0 Å². The van der Waals surface area contributed by atoms with Gasteiger partial charge in [0.1, 0.15) is 5.82 Å². The number of amides is 2. The van der Waals surface area contributed by atoms with Crippen molar-refractivity contribution in [2.24, 2.45) is 0 Å². The van der Waals surface area contributed by atoms with Crippen molar-refractivity contribution in [1.82, 2.24) is 15.5 Å². The third-order valence-corrected chi connectivity index (χ3v) is 2.89. The van der Waals surface area contributed by atoms with Crippen molar-refractivity contribution in [3.8, 4) is 0 Å². The lowest BCUT2D eigenvalue weighted by molar-refractivity contribution is 0.250. The van der Waals surface area contributed by atoms with Crippen molar-refractivity contribution >= 4 is 17.7 Å². The maximum atomic E-state index is 11.5. The molecule has 1 aromatic heterocycles. The van der Waals surface area contributed by atoms with E-state index in [1.54, 1.807) is 12.1 Å². The molecule has 2 rings (SSSR count). The molecule has 0 aliphatic rings. The molecule has 2 aromatic rings. The highest BCUT2D eigenvalue weighted by atomic mass is 16.2. The van der Waals surface area contributed by atoms with Gasteiger partial charge in [-0.1, -0.05) is 30.3 Å². The Balaban J connectivity index is 1.78. The first-order chi connectivity index (χ1) is 10.6. The number of hydrogen-bond acceptors (Lipinski definition) is 4. The van der Waals surface area contributed by atoms with E-state index in [0.29, 0.717) is 11.6 Å². The molecule has 6 nitrogen and oxygen atoms in total. The number of anilines is 2. The van der Waals surface area contributed by atoms with E-state index in [0.717, 1.165) is 13.0 Å². The highest BCUT2D eigenvalue weighted by molar-refractivity contribution is 5.88. The number of benzene rings is 1. The Morgan fingerprint density at radius 2 is 1.73 bits per heavy atom. The Hall–Kier alpha value is -2.63. The number of carbonyl (C=O) groups excluding carboxylic acids is 1. The minimum atomic E-state index is -0.283. The molecule has 0 aliphatic carbocycles. The minimum absolute atomic E-state index is 0.0758. The number of nitrogens with one attached hydrogen (secondary N) is 3. The van der Waals surface area contributed by atoms with Crippen LogP contribution in [0.5, 0.6) is 0 Å². The Bertz CT molecular complexity index is 583. The Morgan fingerprint density at radius 1 is 1.05 bits per heavy atom. The average molecular weight is 299 g/mol. The van der Waals surface area contributed by atoms with Crippen LogP contribution in [0.3, 0.4) is 0 Å². The van der Waals surface area contributed by atoms with Gasteiger partial charge in [-0.15, -0.1) is 10.2 Å². The van der Waals surface area contributed by atoms with Gasteiger partial charge in [-0.3, -0.25) is 5.32 Å². The zero-order valence-corrected chi connectivity index (χ0v) is 12.8. The molecule has 0 saturated heterocycles. The summed E-state index contributed by atoms with van der Waals surface area (Å²) in [7, 11) is 0. The summed E-state index contributed by atoms with van der Waals surface area (Å²) in [5, 5.41) is 16.6. The normalized spacial score (nSPS) is 10.3. The van der Waals surface area contributed by atoms with Crippen LogP contribution in [0.15, 0.2) is 42.5 Å². The van der Waals surface area contributed by atoms with Gasteiger partial charge in [0.15, 0.2) is 5.82 Å². The molecule has 0 atom stereocenters. The highest BCUT2D eigenvalue weighted by Crippen LogP contribution is 2.06. The maximum absolute atomic E-state index is 11.5. The van der Waals surface area contributed by atoms with Crippen molar-refractivity contribution in [2.45, 2.75) is 26.3 Å². The van der Waals surface area contributed by atoms with Crippen LogP contribution >= 0.6 is 0 Å². The summed E-state index contributed by atoms with van der Waals surface area (Å²) in [5.41, 5.74) is 1.27. The standard InChI is InChI=1S/C16H21N5O/c1-12(2)18-16(22)19-15-9-8-14(20-21-15)17-11-10-13-6-4-3-5-7-13/h3-9,12H,10-11H2,1-2H3,(H,17,20)(H2,18,19,21,22). The van der Waals surface area contributed by atoms with E-state index >= 15 is 0 Å². The summed E-state index contributed by atoms with van der Waals surface area (Å²) >= 11 is 0. The van der Waals surface area contributed by atoms with Crippen molar-refractivity contribution in [2.75, 3.05) is 17.2 Å². The molecule has 0 saturated carbocycles. The van der Waals surface area contributed by atoms with Crippen LogP contribution in [-0.4, -0.2) is 28.8 Å². The SMILES string of the molecule is CC(C)NC(=O)Nc1ccc(NCCc2ccccc2)nn1. The third-order valence-electron chi connectivity index (χ3n) is 2.89. The second kappa shape index (κ2) is 7.97. The summed E-state index contributed by atoms with van der Waals surface area (Å²) in [4.78, 5) is 11.5. The van der Waals surface area contributed by atoms with Crippen LogP contribution in [0.1, 0.15) is 19.4 Å². The molecule has 3 N–H and O–H groups in total. The van der Waals surface area contributed by atoms with Crippen LogP contribution in [0.4, 0.5) is 16.4 Å². The fourth-order valence-electron chi connectivity index (χ4n) is 1.89. The molecule has 22 heavy (non-hydrogen) atoms. The molecule has 0 bridgehead atoms. The van der Waals surface area contributed by atoms with Gasteiger partial charge < -0.3 is 10.6 Å². The summed E-state index contributed by atoms with van der Waals surface area (Å²) in [5.74, 6) is 1.11. The van der Waals surface area contributed by atoms with Crippen molar-refractivity contribution in [3.05, 3.63) is 48.0 Å². The lowest BCUT2D eigenvalue weighted by atomic mass is 10.1. The highest BCUT2D eigenvalue weighted by Gasteiger charge is 2.04. The Morgan fingerprint density at radius 3 is 2.36 bits per heavy atom. The minimum Gasteiger partial charge on any atom is -0.368 e. The first-order valence-electron chi connectivity index (χ1n) is 7.32. The zero-order valence-electron chi connectivity index (χ0n) is 12.8. The molecule has 0 unspecified atom stereocenters. The van der Waals surface area contributed by atoms with Crippen LogP contribution in [0.25, 0.3) is 0 Å². The van der Waals surface area contributed by atoms with Crippen LogP contribution in [-0.2, 0) is 6.42 Å². The van der Waals surface area contributed by atoms with Gasteiger partial charge in [0.2, 0.25) is 0 Å². The largest absolute Gasteiger partial charge is 0.368 e. The van der Waals surface area contributed by atoms with E-state index in [9.17, 15) is 4.79 Å². The van der Waals surface area contributed by atoms with Gasteiger partial charge in [-0.2, -0.15) is 0 Å². The monoisotopic (exact) mass is 299 g/mol. The Kier molecular flexibility index (Phi) is 5.71. The van der Waals surface area contributed by atoms with E-state index in [2.05, 4.69) is 38.3 Å². The summed E-state index contributed by atoms with van der Waals surface area (Å²) in [6, 6.07) is 13.5. The predicted octanol–water partition coefficient (Wildman–Crippen LogP) is 2.66. The van der Waals surface area contributed by atoms with E-state index in [4.69, 9.17) is 0 Å². The van der Waals surface area contributed by atoms with Crippen molar-refractivity contribution in [1.29, 1.82) is 0 Å². The fourth-order valence-corrected chi connectivity index (χ4v) is 1.89. The molecular formula is C16H21N5O. The van der Waals surface area contributed by atoms with Gasteiger partial charge in [0.25, 0.3) is 0 Å². The van der Waals surface area contributed by atoms with E-state index in [1.807, 2.05) is 32.0 Å². The summed E-state index contributed by atoms with van der Waals surface area (Å²) in [6.45, 7) is 4.56. The maximum Gasteiger partial charge on any atom is 0.320 e.